The number of rotatable bonds is 6. The van der Waals surface area contributed by atoms with Gasteiger partial charge in [0.25, 0.3) is 0 Å². The van der Waals surface area contributed by atoms with E-state index in [0.29, 0.717) is 16.1 Å². The molecular formula is C23H27ClFNO4S. The van der Waals surface area contributed by atoms with Crippen molar-refractivity contribution in [2.45, 2.75) is 50.1 Å². The normalized spacial score (nSPS) is 17.0. The Balaban J connectivity index is 1.99. The maximum atomic E-state index is 14.9. The molecule has 0 radical (unpaired) electrons. The fourth-order valence-corrected chi connectivity index (χ4v) is 5.57. The molecule has 168 valence electrons. The molecule has 0 N–H and O–H groups in total. The van der Waals surface area contributed by atoms with E-state index in [4.69, 9.17) is 16.3 Å². The number of esters is 1. The fourth-order valence-electron chi connectivity index (χ4n) is 3.71. The van der Waals surface area contributed by atoms with Crippen molar-refractivity contribution in [1.29, 1.82) is 0 Å². The van der Waals surface area contributed by atoms with Gasteiger partial charge in [0, 0.05) is 42.1 Å². The molecule has 0 aromatic heterocycles. The molecule has 8 heteroatoms. The van der Waals surface area contributed by atoms with E-state index >= 15 is 0 Å². The largest absolute Gasteiger partial charge is 0.464 e. The van der Waals surface area contributed by atoms with Gasteiger partial charge in [0.1, 0.15) is 0 Å². The molecule has 0 unspecified atom stereocenters. The summed E-state index contributed by atoms with van der Waals surface area (Å²) in [6, 6.07) is 12.3. The van der Waals surface area contributed by atoms with Crippen molar-refractivity contribution in [2.24, 2.45) is 0 Å². The smallest absolute Gasteiger partial charge is 0.343 e. The topological polar surface area (TPSA) is 63.7 Å². The number of halogens is 2. The van der Waals surface area contributed by atoms with Crippen LogP contribution in [0.2, 0.25) is 5.02 Å². The third-order valence-electron chi connectivity index (χ3n) is 5.61. The number of nitrogens with zero attached hydrogens (tertiary/aromatic N) is 1. The summed E-state index contributed by atoms with van der Waals surface area (Å²) in [6.07, 6.45) is -0.479. The first-order valence-electron chi connectivity index (χ1n) is 10.4. The first-order valence-corrected chi connectivity index (χ1v) is 12.2. The third-order valence-corrected chi connectivity index (χ3v) is 7.89. The lowest BCUT2D eigenvalue weighted by Crippen LogP contribution is -2.49. The number of benzene rings is 2. The van der Waals surface area contributed by atoms with Crippen LogP contribution in [0, 0.1) is 0 Å². The van der Waals surface area contributed by atoms with Gasteiger partial charge in [-0.3, -0.25) is 0 Å². The number of carbonyl (C=O) groups is 1. The van der Waals surface area contributed by atoms with Crippen LogP contribution in [0.3, 0.4) is 0 Å². The monoisotopic (exact) mass is 467 g/mol. The van der Waals surface area contributed by atoms with E-state index in [9.17, 15) is 17.6 Å². The lowest BCUT2D eigenvalue weighted by Gasteiger charge is -2.34. The Bertz CT molecular complexity index is 1060. The van der Waals surface area contributed by atoms with E-state index in [2.05, 4.69) is 0 Å². The summed E-state index contributed by atoms with van der Waals surface area (Å²) in [4.78, 5) is 12.1. The number of sulfonamides is 1. The van der Waals surface area contributed by atoms with Gasteiger partial charge in [0.05, 0.1) is 11.5 Å². The first-order chi connectivity index (χ1) is 14.6. The van der Waals surface area contributed by atoms with E-state index in [0.717, 1.165) is 5.56 Å². The standard InChI is InChI=1S/C23H27ClFNO4S/c1-4-30-22(27)23(25)11-13-26(14-12-23)31(28,29)21-10-9-17(16(2)3)15-19(21)18-7-5-6-8-20(18)24/h5-10,15-16H,4,11-14H2,1-3H3. The molecule has 2 aromatic carbocycles. The van der Waals surface area contributed by atoms with Crippen LogP contribution in [-0.2, 0) is 19.6 Å². The van der Waals surface area contributed by atoms with E-state index in [1.54, 1.807) is 43.3 Å². The molecular weight excluding hydrogens is 441 g/mol. The molecule has 0 amide bonds. The van der Waals surface area contributed by atoms with Crippen LogP contribution in [0.5, 0.6) is 0 Å². The van der Waals surface area contributed by atoms with E-state index in [-0.39, 0.29) is 43.4 Å². The second-order valence-corrected chi connectivity index (χ2v) is 10.3. The summed E-state index contributed by atoms with van der Waals surface area (Å²) < 4.78 is 48.0. The Morgan fingerprint density at radius 3 is 2.39 bits per heavy atom. The van der Waals surface area contributed by atoms with Crippen molar-refractivity contribution in [3.8, 4) is 11.1 Å². The summed E-state index contributed by atoms with van der Waals surface area (Å²) in [7, 11) is -3.93. The highest BCUT2D eigenvalue weighted by molar-refractivity contribution is 7.89. The maximum absolute atomic E-state index is 14.9. The van der Waals surface area contributed by atoms with Crippen LogP contribution in [0.1, 0.15) is 45.1 Å². The van der Waals surface area contributed by atoms with E-state index < -0.39 is 21.7 Å². The SMILES string of the molecule is CCOC(=O)C1(F)CCN(S(=O)(=O)c2ccc(C(C)C)cc2-c2ccccc2Cl)CC1. The van der Waals surface area contributed by atoms with Gasteiger partial charge >= 0.3 is 5.97 Å². The van der Waals surface area contributed by atoms with Gasteiger partial charge in [0.2, 0.25) is 15.7 Å². The van der Waals surface area contributed by atoms with Crippen LogP contribution in [-0.4, -0.2) is 44.1 Å². The number of carbonyl (C=O) groups excluding carboxylic acids is 1. The lowest BCUT2D eigenvalue weighted by atomic mass is 9.95. The van der Waals surface area contributed by atoms with Gasteiger partial charge in [0.15, 0.2) is 0 Å². The molecule has 0 aliphatic carbocycles. The molecule has 2 aromatic rings. The highest BCUT2D eigenvalue weighted by Gasteiger charge is 2.45. The van der Waals surface area contributed by atoms with Gasteiger partial charge in [-0.05, 0) is 36.6 Å². The quantitative estimate of drug-likeness (QED) is 0.548. The Hall–Kier alpha value is -1.96. The predicted molar refractivity (Wildman–Crippen MR) is 119 cm³/mol. The number of piperidine rings is 1. The minimum absolute atomic E-state index is 0.0793. The Morgan fingerprint density at radius 2 is 1.81 bits per heavy atom. The molecule has 31 heavy (non-hydrogen) atoms. The summed E-state index contributed by atoms with van der Waals surface area (Å²) in [5.41, 5.74) is -0.0414. The van der Waals surface area contributed by atoms with Crippen molar-refractivity contribution in [3.63, 3.8) is 0 Å². The van der Waals surface area contributed by atoms with Crippen LogP contribution < -0.4 is 0 Å². The minimum atomic E-state index is -3.93. The molecule has 1 fully saturated rings. The number of hydrogen-bond acceptors (Lipinski definition) is 4. The zero-order chi connectivity index (χ0) is 22.8. The van der Waals surface area contributed by atoms with Crippen molar-refractivity contribution >= 4 is 27.6 Å². The van der Waals surface area contributed by atoms with Crippen LogP contribution in [0.4, 0.5) is 4.39 Å². The minimum Gasteiger partial charge on any atom is -0.464 e. The average Bonchev–Trinajstić information content (AvgIpc) is 2.74. The lowest BCUT2D eigenvalue weighted by molar-refractivity contribution is -0.160. The van der Waals surface area contributed by atoms with Crippen LogP contribution in [0.25, 0.3) is 11.1 Å². The predicted octanol–water partition coefficient (Wildman–Crippen LogP) is 5.19. The molecule has 0 atom stereocenters. The molecule has 0 saturated carbocycles. The Labute approximate surface area is 188 Å². The third kappa shape index (κ3) is 4.78. The van der Waals surface area contributed by atoms with Crippen molar-refractivity contribution in [3.05, 3.63) is 53.1 Å². The zero-order valence-corrected chi connectivity index (χ0v) is 19.5. The summed E-state index contributed by atoms with van der Waals surface area (Å²) in [5.74, 6) is -0.727. The summed E-state index contributed by atoms with van der Waals surface area (Å²) >= 11 is 6.39. The van der Waals surface area contributed by atoms with E-state index in [1.165, 1.54) is 4.31 Å². The highest BCUT2D eigenvalue weighted by Crippen LogP contribution is 2.38. The molecule has 1 aliphatic rings. The molecule has 3 rings (SSSR count). The first kappa shape index (κ1) is 23.7. The van der Waals surface area contributed by atoms with Crippen LogP contribution in [0.15, 0.2) is 47.4 Å². The summed E-state index contributed by atoms with van der Waals surface area (Å²) in [5, 5.41) is 0.448. The van der Waals surface area contributed by atoms with Crippen molar-refractivity contribution in [1.82, 2.24) is 4.31 Å². The average molecular weight is 468 g/mol. The fraction of sp³-hybridized carbons (Fsp3) is 0.435. The highest BCUT2D eigenvalue weighted by atomic mass is 35.5. The van der Waals surface area contributed by atoms with Crippen LogP contribution >= 0.6 is 11.6 Å². The Morgan fingerprint density at radius 1 is 1.16 bits per heavy atom. The second kappa shape index (κ2) is 9.27. The molecule has 1 heterocycles. The maximum Gasteiger partial charge on any atom is 0.343 e. The summed E-state index contributed by atoms with van der Waals surface area (Å²) in [6.45, 7) is 5.53. The second-order valence-electron chi connectivity index (χ2n) is 7.98. The molecule has 1 aliphatic heterocycles. The molecule has 0 spiro atoms. The number of hydrogen-bond donors (Lipinski definition) is 0. The zero-order valence-electron chi connectivity index (χ0n) is 17.9. The van der Waals surface area contributed by atoms with Gasteiger partial charge in [-0.2, -0.15) is 4.31 Å². The van der Waals surface area contributed by atoms with Gasteiger partial charge < -0.3 is 4.74 Å². The van der Waals surface area contributed by atoms with Gasteiger partial charge in [-0.1, -0.05) is 49.7 Å². The molecule has 0 bridgehead atoms. The number of alkyl halides is 1. The van der Waals surface area contributed by atoms with Gasteiger partial charge in [-0.15, -0.1) is 0 Å². The number of ether oxygens (including phenoxy) is 1. The molecule has 1 saturated heterocycles. The molecule has 5 nitrogen and oxygen atoms in total. The van der Waals surface area contributed by atoms with Crippen molar-refractivity contribution in [2.75, 3.05) is 19.7 Å². The van der Waals surface area contributed by atoms with Gasteiger partial charge in [-0.25, -0.2) is 17.6 Å². The Kier molecular flexibility index (Phi) is 7.08. The van der Waals surface area contributed by atoms with Crippen molar-refractivity contribution < 1.29 is 22.3 Å². The van der Waals surface area contributed by atoms with E-state index in [1.807, 2.05) is 19.9 Å².